The highest BCUT2D eigenvalue weighted by molar-refractivity contribution is 9.09. The maximum atomic E-state index is 3.97. The number of halogens is 1. The van der Waals surface area contributed by atoms with Crippen LogP contribution < -0.4 is 0 Å². The third-order valence-electron chi connectivity index (χ3n) is 5.40. The largest absolute Gasteiger partial charge is 0.0836 e. The highest BCUT2D eigenvalue weighted by Crippen LogP contribution is 2.40. The van der Waals surface area contributed by atoms with Gasteiger partial charge in [0.2, 0.25) is 0 Å². The van der Waals surface area contributed by atoms with Gasteiger partial charge in [-0.1, -0.05) is 78.7 Å². The monoisotopic (exact) mass is 334 g/mol. The molecule has 3 rings (SSSR count). The van der Waals surface area contributed by atoms with E-state index in [1.807, 2.05) is 0 Å². The van der Waals surface area contributed by atoms with Gasteiger partial charge in [-0.15, -0.1) is 0 Å². The van der Waals surface area contributed by atoms with Gasteiger partial charge in [-0.3, -0.25) is 0 Å². The lowest BCUT2D eigenvalue weighted by atomic mass is 9.82. The summed E-state index contributed by atoms with van der Waals surface area (Å²) < 4.78 is 0. The van der Waals surface area contributed by atoms with Gasteiger partial charge in [-0.25, -0.2) is 0 Å². The number of hydrogen-bond donors (Lipinski definition) is 0. The molecule has 0 amide bonds. The molecule has 0 saturated heterocycles. The van der Waals surface area contributed by atoms with Crippen molar-refractivity contribution in [3.05, 3.63) is 35.4 Å². The predicted molar refractivity (Wildman–Crippen MR) is 90.5 cm³/mol. The fraction of sp³-hybridized carbons (Fsp3) is 0.684. The smallest absolute Gasteiger partial charge is 0.0423 e. The van der Waals surface area contributed by atoms with Crippen LogP contribution in [0.25, 0.3) is 0 Å². The quantitative estimate of drug-likeness (QED) is 0.536. The van der Waals surface area contributed by atoms with Gasteiger partial charge >= 0.3 is 0 Å². The van der Waals surface area contributed by atoms with Crippen LogP contribution in [0.3, 0.4) is 0 Å². The zero-order valence-corrected chi connectivity index (χ0v) is 14.1. The van der Waals surface area contributed by atoms with E-state index in [2.05, 4.69) is 40.2 Å². The summed E-state index contributed by atoms with van der Waals surface area (Å²) >= 11 is 3.97. The molecule has 1 aromatic carbocycles. The Morgan fingerprint density at radius 1 is 0.750 bits per heavy atom. The third kappa shape index (κ3) is 3.47. The third-order valence-corrected chi connectivity index (χ3v) is 6.67. The minimum absolute atomic E-state index is 0.572. The second kappa shape index (κ2) is 7.11. The van der Waals surface area contributed by atoms with Crippen LogP contribution in [0, 0.1) is 5.92 Å². The first-order valence-corrected chi connectivity index (χ1v) is 9.50. The van der Waals surface area contributed by atoms with Crippen molar-refractivity contribution in [2.24, 2.45) is 5.92 Å². The zero-order valence-electron chi connectivity index (χ0n) is 12.5. The number of rotatable bonds is 3. The Balaban J connectivity index is 1.65. The minimum Gasteiger partial charge on any atom is -0.0836 e. The summed E-state index contributed by atoms with van der Waals surface area (Å²) in [5.41, 5.74) is 3.08. The van der Waals surface area contributed by atoms with Crippen molar-refractivity contribution in [3.63, 3.8) is 0 Å². The lowest BCUT2D eigenvalue weighted by Crippen LogP contribution is -2.12. The molecule has 0 aromatic heterocycles. The first kappa shape index (κ1) is 14.6. The zero-order chi connectivity index (χ0) is 13.8. The molecular weight excluding hydrogens is 308 g/mol. The first-order valence-electron chi connectivity index (χ1n) is 8.58. The van der Waals surface area contributed by atoms with Crippen LogP contribution in [0.1, 0.15) is 86.1 Å². The SMILES string of the molecule is BrC(c1ccc(C2CCCCC2)cc1)C1CCCCC1. The maximum Gasteiger partial charge on any atom is 0.0423 e. The second-order valence-electron chi connectivity index (χ2n) is 6.80. The van der Waals surface area contributed by atoms with Gasteiger partial charge in [0.05, 0.1) is 0 Å². The van der Waals surface area contributed by atoms with Gasteiger partial charge in [0, 0.05) is 4.83 Å². The molecule has 110 valence electrons. The van der Waals surface area contributed by atoms with E-state index in [9.17, 15) is 0 Å². The summed E-state index contributed by atoms with van der Waals surface area (Å²) in [6.45, 7) is 0. The lowest BCUT2D eigenvalue weighted by Gasteiger charge is -2.27. The Kier molecular flexibility index (Phi) is 5.20. The fourth-order valence-corrected chi connectivity index (χ4v) is 4.92. The number of alkyl halides is 1. The van der Waals surface area contributed by atoms with Gasteiger partial charge in [0.25, 0.3) is 0 Å². The normalized spacial score (nSPS) is 23.6. The van der Waals surface area contributed by atoms with Crippen molar-refractivity contribution in [3.8, 4) is 0 Å². The summed E-state index contributed by atoms with van der Waals surface area (Å²) in [7, 11) is 0. The molecule has 0 N–H and O–H groups in total. The van der Waals surface area contributed by atoms with E-state index in [-0.39, 0.29) is 0 Å². The van der Waals surface area contributed by atoms with Gasteiger partial charge in [-0.05, 0) is 48.6 Å². The van der Waals surface area contributed by atoms with Crippen LogP contribution >= 0.6 is 15.9 Å². The molecule has 2 fully saturated rings. The highest BCUT2D eigenvalue weighted by atomic mass is 79.9. The van der Waals surface area contributed by atoms with Gasteiger partial charge in [0.1, 0.15) is 0 Å². The topological polar surface area (TPSA) is 0 Å². The average molecular weight is 335 g/mol. The van der Waals surface area contributed by atoms with Crippen molar-refractivity contribution in [1.82, 2.24) is 0 Å². The molecule has 0 radical (unpaired) electrons. The van der Waals surface area contributed by atoms with Crippen LogP contribution in [0.2, 0.25) is 0 Å². The Bertz CT molecular complexity index is 396. The molecule has 2 aliphatic carbocycles. The van der Waals surface area contributed by atoms with Crippen LogP contribution in [0.5, 0.6) is 0 Å². The van der Waals surface area contributed by atoms with Crippen molar-refractivity contribution in [2.75, 3.05) is 0 Å². The summed E-state index contributed by atoms with van der Waals surface area (Å²) in [6.07, 6.45) is 14.2. The van der Waals surface area contributed by atoms with E-state index in [4.69, 9.17) is 0 Å². The van der Waals surface area contributed by atoms with E-state index in [0.717, 1.165) is 11.8 Å². The van der Waals surface area contributed by atoms with Crippen LogP contribution in [0.15, 0.2) is 24.3 Å². The lowest BCUT2D eigenvalue weighted by molar-refractivity contribution is 0.354. The van der Waals surface area contributed by atoms with E-state index in [1.165, 1.54) is 69.8 Å². The summed E-state index contributed by atoms with van der Waals surface area (Å²) in [4.78, 5) is 0.572. The maximum absolute atomic E-state index is 3.97. The molecule has 20 heavy (non-hydrogen) atoms. The number of benzene rings is 1. The van der Waals surface area contributed by atoms with Crippen LogP contribution in [-0.2, 0) is 0 Å². The molecule has 1 atom stereocenters. The van der Waals surface area contributed by atoms with Crippen molar-refractivity contribution < 1.29 is 0 Å². The minimum atomic E-state index is 0.572. The molecule has 0 heterocycles. The molecule has 0 nitrogen and oxygen atoms in total. The molecule has 0 bridgehead atoms. The van der Waals surface area contributed by atoms with Crippen molar-refractivity contribution >= 4 is 15.9 Å². The molecule has 0 aliphatic heterocycles. The highest BCUT2D eigenvalue weighted by Gasteiger charge is 2.23. The molecular formula is C19H27Br. The Morgan fingerprint density at radius 3 is 1.90 bits per heavy atom. The Morgan fingerprint density at radius 2 is 1.30 bits per heavy atom. The predicted octanol–water partition coefficient (Wildman–Crippen LogP) is 6.75. The van der Waals surface area contributed by atoms with Gasteiger partial charge in [0.15, 0.2) is 0 Å². The standard InChI is InChI=1S/C19H27Br/c20-19(17-9-5-2-6-10-17)18-13-11-16(12-14-18)15-7-3-1-4-8-15/h11-15,17,19H,1-10H2. The van der Waals surface area contributed by atoms with E-state index >= 15 is 0 Å². The number of hydrogen-bond acceptors (Lipinski definition) is 0. The van der Waals surface area contributed by atoms with Crippen LogP contribution in [0.4, 0.5) is 0 Å². The van der Waals surface area contributed by atoms with E-state index < -0.39 is 0 Å². The first-order chi connectivity index (χ1) is 9.84. The average Bonchev–Trinajstić information content (AvgIpc) is 2.56. The molecule has 0 spiro atoms. The van der Waals surface area contributed by atoms with Gasteiger partial charge in [-0.2, -0.15) is 0 Å². The Hall–Kier alpha value is -0.300. The Labute approximate surface area is 132 Å². The van der Waals surface area contributed by atoms with Crippen molar-refractivity contribution in [2.45, 2.75) is 75.0 Å². The molecule has 2 saturated carbocycles. The second-order valence-corrected chi connectivity index (χ2v) is 7.79. The van der Waals surface area contributed by atoms with E-state index in [1.54, 1.807) is 5.56 Å². The van der Waals surface area contributed by atoms with Crippen molar-refractivity contribution in [1.29, 1.82) is 0 Å². The fourth-order valence-electron chi connectivity index (χ4n) is 4.09. The molecule has 1 aromatic rings. The summed E-state index contributed by atoms with van der Waals surface area (Å²) in [5, 5.41) is 0. The van der Waals surface area contributed by atoms with E-state index in [0.29, 0.717) is 4.83 Å². The van der Waals surface area contributed by atoms with Gasteiger partial charge < -0.3 is 0 Å². The van der Waals surface area contributed by atoms with Crippen LogP contribution in [-0.4, -0.2) is 0 Å². The molecule has 2 aliphatic rings. The summed E-state index contributed by atoms with van der Waals surface area (Å²) in [6, 6.07) is 9.58. The molecule has 1 unspecified atom stereocenters. The summed E-state index contributed by atoms with van der Waals surface area (Å²) in [5.74, 6) is 1.69. The molecule has 1 heteroatoms.